The van der Waals surface area contributed by atoms with Crippen molar-refractivity contribution in [3.05, 3.63) is 35.2 Å². The topological polar surface area (TPSA) is 107 Å². The Labute approximate surface area is 155 Å². The van der Waals surface area contributed by atoms with Crippen LogP contribution in [-0.4, -0.2) is 48.4 Å². The van der Waals surface area contributed by atoms with Gasteiger partial charge in [0.1, 0.15) is 11.5 Å². The van der Waals surface area contributed by atoms with Gasteiger partial charge in [0.15, 0.2) is 5.82 Å². The van der Waals surface area contributed by atoms with Crippen molar-refractivity contribution in [3.8, 4) is 11.4 Å². The van der Waals surface area contributed by atoms with E-state index < -0.39 is 12.2 Å². The number of aliphatic hydroxyl groups excluding tert-OH is 2. The number of halogens is 1. The third kappa shape index (κ3) is 3.13. The van der Waals surface area contributed by atoms with Gasteiger partial charge in [0.05, 0.1) is 23.3 Å². The second-order valence-electron chi connectivity index (χ2n) is 6.72. The highest BCUT2D eigenvalue weighted by Gasteiger charge is 2.31. The molecule has 0 bridgehead atoms. The molecule has 7 nitrogen and oxygen atoms in total. The van der Waals surface area contributed by atoms with Gasteiger partial charge in [0.25, 0.3) is 0 Å². The summed E-state index contributed by atoms with van der Waals surface area (Å²) >= 11 is 6.07. The first kappa shape index (κ1) is 17.2. The Hall–Kier alpha value is -2.22. The predicted molar refractivity (Wildman–Crippen MR) is 100 cm³/mol. The van der Waals surface area contributed by atoms with E-state index in [0.29, 0.717) is 28.7 Å². The summed E-state index contributed by atoms with van der Waals surface area (Å²) < 4.78 is 0. The average molecular weight is 374 g/mol. The molecule has 26 heavy (non-hydrogen) atoms. The monoisotopic (exact) mass is 373 g/mol. The van der Waals surface area contributed by atoms with Crippen LogP contribution in [0.2, 0.25) is 5.02 Å². The minimum atomic E-state index is -0.808. The second kappa shape index (κ2) is 6.83. The Morgan fingerprint density at radius 3 is 2.92 bits per heavy atom. The number of aromatic amines is 1. The van der Waals surface area contributed by atoms with E-state index in [1.807, 2.05) is 19.2 Å². The summed E-state index contributed by atoms with van der Waals surface area (Å²) in [4.78, 5) is 16.4. The van der Waals surface area contributed by atoms with E-state index >= 15 is 0 Å². The summed E-state index contributed by atoms with van der Waals surface area (Å²) in [7, 11) is 0. The van der Waals surface area contributed by atoms with E-state index in [1.165, 1.54) is 0 Å². The quantitative estimate of drug-likeness (QED) is 0.562. The molecule has 1 saturated carbocycles. The van der Waals surface area contributed by atoms with Crippen LogP contribution in [0, 0.1) is 6.92 Å². The maximum absolute atomic E-state index is 10.2. The summed E-state index contributed by atoms with van der Waals surface area (Å²) in [6.45, 7) is 1.91. The Balaban J connectivity index is 1.68. The van der Waals surface area contributed by atoms with Crippen LogP contribution in [0.5, 0.6) is 0 Å². The van der Waals surface area contributed by atoms with Gasteiger partial charge in [0.2, 0.25) is 0 Å². The minimum absolute atomic E-state index is 0.237. The lowest BCUT2D eigenvalue weighted by atomic mass is 9.90. The van der Waals surface area contributed by atoms with Gasteiger partial charge in [-0.05, 0) is 32.3 Å². The predicted octanol–water partition coefficient (Wildman–Crippen LogP) is 2.67. The van der Waals surface area contributed by atoms with E-state index in [9.17, 15) is 10.2 Å². The largest absolute Gasteiger partial charge is 0.390 e. The number of H-pyrrole nitrogens is 1. The summed E-state index contributed by atoms with van der Waals surface area (Å²) in [5, 5.41) is 24.8. The third-order valence-electron chi connectivity index (χ3n) is 4.85. The summed E-state index contributed by atoms with van der Waals surface area (Å²) in [6.07, 6.45) is 5.89. The Morgan fingerprint density at radius 1 is 1.23 bits per heavy atom. The van der Waals surface area contributed by atoms with Crippen LogP contribution in [-0.2, 0) is 0 Å². The molecule has 0 aromatic carbocycles. The van der Waals surface area contributed by atoms with Crippen LogP contribution in [0.25, 0.3) is 22.4 Å². The van der Waals surface area contributed by atoms with Crippen LogP contribution >= 0.6 is 11.6 Å². The van der Waals surface area contributed by atoms with E-state index in [0.717, 1.165) is 29.4 Å². The summed E-state index contributed by atoms with van der Waals surface area (Å²) in [5.41, 5.74) is 2.40. The summed E-state index contributed by atoms with van der Waals surface area (Å²) in [6, 6.07) is 1.59. The molecule has 0 radical (unpaired) electrons. The van der Waals surface area contributed by atoms with E-state index in [4.69, 9.17) is 11.6 Å². The molecule has 3 aromatic rings. The van der Waals surface area contributed by atoms with Crippen molar-refractivity contribution in [2.75, 3.05) is 5.32 Å². The fourth-order valence-corrected chi connectivity index (χ4v) is 3.53. The lowest BCUT2D eigenvalue weighted by molar-refractivity contribution is -0.0162. The number of aliphatic hydroxyl groups is 2. The maximum Gasteiger partial charge on any atom is 0.163 e. The molecule has 4 N–H and O–H groups in total. The van der Waals surface area contributed by atoms with Crippen molar-refractivity contribution in [2.24, 2.45) is 0 Å². The van der Waals surface area contributed by atoms with E-state index in [2.05, 4.69) is 25.3 Å². The fourth-order valence-electron chi connectivity index (χ4n) is 3.37. The van der Waals surface area contributed by atoms with Gasteiger partial charge in [-0.3, -0.25) is 0 Å². The second-order valence-corrected chi connectivity index (χ2v) is 7.15. The molecule has 3 atom stereocenters. The zero-order valence-electron chi connectivity index (χ0n) is 14.3. The molecule has 4 rings (SSSR count). The molecular formula is C18H20ClN5O2. The van der Waals surface area contributed by atoms with Crippen LogP contribution in [0.3, 0.4) is 0 Å². The zero-order chi connectivity index (χ0) is 18.3. The first-order valence-corrected chi connectivity index (χ1v) is 9.00. The highest BCUT2D eigenvalue weighted by molar-refractivity contribution is 6.31. The number of aromatic nitrogens is 4. The van der Waals surface area contributed by atoms with Crippen LogP contribution < -0.4 is 5.32 Å². The molecule has 0 amide bonds. The maximum atomic E-state index is 10.2. The minimum Gasteiger partial charge on any atom is -0.390 e. The van der Waals surface area contributed by atoms with Crippen molar-refractivity contribution in [1.29, 1.82) is 0 Å². The van der Waals surface area contributed by atoms with Gasteiger partial charge in [-0.1, -0.05) is 11.6 Å². The van der Waals surface area contributed by atoms with Crippen molar-refractivity contribution in [1.82, 2.24) is 19.9 Å². The van der Waals surface area contributed by atoms with E-state index in [-0.39, 0.29) is 6.04 Å². The van der Waals surface area contributed by atoms with Gasteiger partial charge >= 0.3 is 0 Å². The molecule has 0 aliphatic heterocycles. The number of pyridine rings is 1. The average Bonchev–Trinajstić information content (AvgIpc) is 3.04. The lowest BCUT2D eigenvalue weighted by Crippen LogP contribution is -2.45. The molecule has 8 heteroatoms. The Kier molecular flexibility index (Phi) is 4.52. The molecule has 0 saturated heterocycles. The summed E-state index contributed by atoms with van der Waals surface area (Å²) in [5.74, 6) is 1.19. The molecule has 3 heterocycles. The van der Waals surface area contributed by atoms with Gasteiger partial charge in [-0.25, -0.2) is 15.0 Å². The molecule has 1 fully saturated rings. The number of nitrogens with zero attached hydrogens (tertiary/aromatic N) is 3. The number of hydrogen-bond donors (Lipinski definition) is 4. The van der Waals surface area contributed by atoms with Crippen molar-refractivity contribution < 1.29 is 10.2 Å². The SMILES string of the molecule is Cc1cnc(-c2c[nH]c3ncc(Cl)cc23)nc1N[C@H]1CCC[C@H](O)[C@H]1O. The van der Waals surface area contributed by atoms with Crippen molar-refractivity contribution in [3.63, 3.8) is 0 Å². The van der Waals surface area contributed by atoms with Gasteiger partial charge in [0, 0.05) is 35.1 Å². The normalized spacial score (nSPS) is 23.3. The number of hydrogen-bond acceptors (Lipinski definition) is 6. The Morgan fingerprint density at radius 2 is 2.08 bits per heavy atom. The van der Waals surface area contributed by atoms with Gasteiger partial charge < -0.3 is 20.5 Å². The third-order valence-corrected chi connectivity index (χ3v) is 5.06. The molecular weight excluding hydrogens is 354 g/mol. The molecule has 0 spiro atoms. The highest BCUT2D eigenvalue weighted by Crippen LogP contribution is 2.29. The van der Waals surface area contributed by atoms with E-state index in [1.54, 1.807) is 12.4 Å². The van der Waals surface area contributed by atoms with Crippen LogP contribution in [0.15, 0.2) is 24.7 Å². The van der Waals surface area contributed by atoms with Crippen LogP contribution in [0.1, 0.15) is 24.8 Å². The number of anilines is 1. The standard InChI is InChI=1S/C18H20ClN5O2/c1-9-6-20-18(12-8-22-17-11(12)5-10(19)7-21-17)24-16(9)23-13-3-2-4-14(25)15(13)26/h5-8,13-15,25-26H,2-4H2,1H3,(H,21,22)(H,20,23,24)/t13-,14-,15-/m0/s1. The first-order chi connectivity index (χ1) is 12.5. The van der Waals surface area contributed by atoms with Crippen molar-refractivity contribution in [2.45, 2.75) is 44.4 Å². The number of fused-ring (bicyclic) bond motifs is 1. The zero-order valence-corrected chi connectivity index (χ0v) is 15.0. The lowest BCUT2D eigenvalue weighted by Gasteiger charge is -2.33. The van der Waals surface area contributed by atoms with Gasteiger partial charge in [-0.2, -0.15) is 0 Å². The smallest absolute Gasteiger partial charge is 0.163 e. The molecule has 1 aliphatic carbocycles. The highest BCUT2D eigenvalue weighted by atomic mass is 35.5. The number of rotatable bonds is 3. The fraction of sp³-hybridized carbons (Fsp3) is 0.389. The first-order valence-electron chi connectivity index (χ1n) is 8.62. The number of aryl methyl sites for hydroxylation is 1. The molecule has 3 aromatic heterocycles. The van der Waals surface area contributed by atoms with Crippen molar-refractivity contribution >= 4 is 28.5 Å². The van der Waals surface area contributed by atoms with Crippen LogP contribution in [0.4, 0.5) is 5.82 Å². The molecule has 0 unspecified atom stereocenters. The van der Waals surface area contributed by atoms with Gasteiger partial charge in [-0.15, -0.1) is 0 Å². The molecule has 1 aliphatic rings. The number of nitrogens with one attached hydrogen (secondary N) is 2. The molecule has 136 valence electrons. The Bertz CT molecular complexity index is 944.